The number of carbonyl (C=O) groups is 1. The molecule has 5 heteroatoms. The van der Waals surface area contributed by atoms with Gasteiger partial charge in [-0.25, -0.2) is 9.78 Å². The molecule has 0 spiro atoms. The molecular weight excluding hydrogens is 360 g/mol. The maximum Gasteiger partial charge on any atom is 0.322 e. The minimum absolute atomic E-state index is 0.102. The van der Waals surface area contributed by atoms with Gasteiger partial charge in [-0.1, -0.05) is 54.6 Å². The van der Waals surface area contributed by atoms with Crippen molar-refractivity contribution in [1.29, 1.82) is 0 Å². The van der Waals surface area contributed by atoms with Gasteiger partial charge in [-0.05, 0) is 42.7 Å². The molecule has 0 aliphatic rings. The lowest BCUT2D eigenvalue weighted by molar-refractivity contribution is 0.246. The van der Waals surface area contributed by atoms with Gasteiger partial charge in [0.05, 0.1) is 18.4 Å². The molecule has 1 N–H and O–H groups in total. The smallest absolute Gasteiger partial charge is 0.322 e. The van der Waals surface area contributed by atoms with Crippen LogP contribution in [0.2, 0.25) is 0 Å². The Labute approximate surface area is 170 Å². The lowest BCUT2D eigenvalue weighted by Crippen LogP contribution is -2.40. The number of amides is 2. The molecule has 0 aliphatic carbocycles. The summed E-state index contributed by atoms with van der Waals surface area (Å²) in [5.74, 6) is 0. The van der Waals surface area contributed by atoms with Gasteiger partial charge < -0.3 is 9.72 Å². The zero-order valence-electron chi connectivity index (χ0n) is 16.2. The number of para-hydroxylation sites is 1. The highest BCUT2D eigenvalue weighted by Gasteiger charge is 2.17. The largest absolute Gasteiger partial charge is 0.338 e. The van der Waals surface area contributed by atoms with Crippen molar-refractivity contribution < 1.29 is 4.79 Å². The lowest BCUT2D eigenvalue weighted by Gasteiger charge is -2.23. The number of benzene rings is 2. The second kappa shape index (κ2) is 9.06. The quantitative estimate of drug-likeness (QED) is 0.470. The number of carbonyl (C=O) groups excluding carboxylic acids is 1. The highest BCUT2D eigenvalue weighted by Crippen LogP contribution is 2.18. The number of aromatic nitrogens is 2. The van der Waals surface area contributed by atoms with Gasteiger partial charge in [0.15, 0.2) is 0 Å². The van der Waals surface area contributed by atoms with Crippen molar-refractivity contribution in [3.05, 3.63) is 103 Å². The second-order valence-electron chi connectivity index (χ2n) is 6.92. The van der Waals surface area contributed by atoms with E-state index in [1.165, 1.54) is 5.56 Å². The molecule has 2 heterocycles. The zero-order valence-corrected chi connectivity index (χ0v) is 16.2. The number of nitrogens with zero attached hydrogens (tertiary/aromatic N) is 3. The minimum Gasteiger partial charge on any atom is -0.338 e. The summed E-state index contributed by atoms with van der Waals surface area (Å²) in [6.07, 6.45) is 5.64. The summed E-state index contributed by atoms with van der Waals surface area (Å²) in [6, 6.07) is 25.9. The van der Waals surface area contributed by atoms with Crippen LogP contribution in [0.15, 0.2) is 91.3 Å². The Morgan fingerprint density at radius 1 is 0.931 bits per heavy atom. The van der Waals surface area contributed by atoms with E-state index >= 15 is 0 Å². The molecular formula is C24H24N4O. The minimum atomic E-state index is -0.102. The van der Waals surface area contributed by atoms with Crippen LogP contribution in [-0.4, -0.2) is 22.0 Å². The molecule has 0 fully saturated rings. The summed E-state index contributed by atoms with van der Waals surface area (Å²) in [4.78, 5) is 19.2. The standard InChI is InChI=1S/C24H24N4O/c29-24(25-16-9-12-20-10-3-1-4-11-20)28(21-13-5-2-6-14-21)19-22-18-26-23-15-7-8-17-27(22)23/h1-8,10-11,13-15,17-18H,9,12,16,19H2,(H,25,29). The van der Waals surface area contributed by atoms with Gasteiger partial charge in [-0.2, -0.15) is 0 Å². The molecule has 4 rings (SSSR count). The SMILES string of the molecule is O=C(NCCCc1ccccc1)N(Cc1cnc2ccccn12)c1ccccc1. The van der Waals surface area contributed by atoms with Crippen LogP contribution in [0.3, 0.4) is 0 Å². The number of hydrogen-bond acceptors (Lipinski definition) is 2. The maximum absolute atomic E-state index is 13.0. The van der Waals surface area contributed by atoms with E-state index in [0.717, 1.165) is 29.9 Å². The number of fused-ring (bicyclic) bond motifs is 1. The van der Waals surface area contributed by atoms with Crippen LogP contribution in [0, 0.1) is 0 Å². The van der Waals surface area contributed by atoms with E-state index in [9.17, 15) is 4.79 Å². The molecule has 0 radical (unpaired) electrons. The van der Waals surface area contributed by atoms with Crippen LogP contribution in [-0.2, 0) is 13.0 Å². The van der Waals surface area contributed by atoms with Crippen LogP contribution in [0.4, 0.5) is 10.5 Å². The molecule has 0 unspecified atom stereocenters. The fraction of sp³-hybridized carbons (Fsp3) is 0.167. The molecule has 2 amide bonds. The van der Waals surface area contributed by atoms with Gasteiger partial charge in [0.1, 0.15) is 5.65 Å². The Morgan fingerprint density at radius 3 is 2.45 bits per heavy atom. The Kier molecular flexibility index (Phi) is 5.86. The van der Waals surface area contributed by atoms with Gasteiger partial charge in [0, 0.05) is 18.4 Å². The molecule has 29 heavy (non-hydrogen) atoms. The topological polar surface area (TPSA) is 49.6 Å². The van der Waals surface area contributed by atoms with Gasteiger partial charge in [0.25, 0.3) is 0 Å². The Hall–Kier alpha value is -3.60. The Balaban J connectivity index is 1.45. The van der Waals surface area contributed by atoms with Crippen molar-refractivity contribution in [2.24, 2.45) is 0 Å². The van der Waals surface area contributed by atoms with E-state index < -0.39 is 0 Å². The highest BCUT2D eigenvalue weighted by atomic mass is 16.2. The summed E-state index contributed by atoms with van der Waals surface area (Å²) in [7, 11) is 0. The Bertz CT molecular complexity index is 1060. The van der Waals surface area contributed by atoms with Crippen molar-refractivity contribution in [1.82, 2.24) is 14.7 Å². The first-order valence-corrected chi connectivity index (χ1v) is 9.86. The molecule has 0 atom stereocenters. The molecule has 5 nitrogen and oxygen atoms in total. The number of hydrogen-bond donors (Lipinski definition) is 1. The molecule has 146 valence electrons. The van der Waals surface area contributed by atoms with Crippen molar-refractivity contribution >= 4 is 17.4 Å². The molecule has 0 saturated heterocycles. The predicted octanol–water partition coefficient (Wildman–Crippen LogP) is 4.68. The van der Waals surface area contributed by atoms with Crippen LogP contribution >= 0.6 is 0 Å². The number of anilines is 1. The normalized spacial score (nSPS) is 10.8. The average Bonchev–Trinajstić information content (AvgIpc) is 3.19. The molecule has 0 saturated carbocycles. The molecule has 0 bridgehead atoms. The van der Waals surface area contributed by atoms with Crippen molar-refractivity contribution in [3.8, 4) is 0 Å². The van der Waals surface area contributed by atoms with Gasteiger partial charge in [-0.3, -0.25) is 4.90 Å². The number of imidazole rings is 1. The van der Waals surface area contributed by atoms with E-state index in [1.807, 2.05) is 83.5 Å². The second-order valence-corrected chi connectivity index (χ2v) is 6.92. The predicted molar refractivity (Wildman–Crippen MR) is 116 cm³/mol. The monoisotopic (exact) mass is 384 g/mol. The van der Waals surface area contributed by atoms with E-state index in [0.29, 0.717) is 13.1 Å². The van der Waals surface area contributed by atoms with Gasteiger partial charge in [0.2, 0.25) is 0 Å². The first kappa shape index (κ1) is 18.7. The van der Waals surface area contributed by atoms with E-state index in [4.69, 9.17) is 0 Å². The summed E-state index contributed by atoms with van der Waals surface area (Å²) in [5, 5.41) is 3.07. The van der Waals surface area contributed by atoms with E-state index in [2.05, 4.69) is 22.4 Å². The maximum atomic E-state index is 13.0. The Morgan fingerprint density at radius 2 is 1.66 bits per heavy atom. The fourth-order valence-electron chi connectivity index (χ4n) is 3.38. The third-order valence-electron chi connectivity index (χ3n) is 4.89. The first-order valence-electron chi connectivity index (χ1n) is 9.86. The molecule has 0 aliphatic heterocycles. The third kappa shape index (κ3) is 4.63. The van der Waals surface area contributed by atoms with Gasteiger partial charge >= 0.3 is 6.03 Å². The number of aryl methyl sites for hydroxylation is 1. The molecule has 4 aromatic rings. The van der Waals surface area contributed by atoms with Crippen molar-refractivity contribution in [2.45, 2.75) is 19.4 Å². The average molecular weight is 384 g/mol. The van der Waals surface area contributed by atoms with Crippen molar-refractivity contribution in [2.75, 3.05) is 11.4 Å². The highest BCUT2D eigenvalue weighted by molar-refractivity contribution is 5.91. The number of nitrogens with one attached hydrogen (secondary N) is 1. The summed E-state index contributed by atoms with van der Waals surface area (Å²) >= 11 is 0. The summed E-state index contributed by atoms with van der Waals surface area (Å²) in [5.41, 5.74) is 3.98. The van der Waals surface area contributed by atoms with Crippen molar-refractivity contribution in [3.63, 3.8) is 0 Å². The third-order valence-corrected chi connectivity index (χ3v) is 4.89. The summed E-state index contributed by atoms with van der Waals surface area (Å²) in [6.45, 7) is 1.07. The van der Waals surface area contributed by atoms with Crippen LogP contribution < -0.4 is 10.2 Å². The lowest BCUT2D eigenvalue weighted by atomic mass is 10.1. The molecule has 2 aromatic carbocycles. The number of urea groups is 1. The zero-order chi connectivity index (χ0) is 19.9. The fourth-order valence-corrected chi connectivity index (χ4v) is 3.38. The van der Waals surface area contributed by atoms with E-state index in [-0.39, 0.29) is 6.03 Å². The van der Waals surface area contributed by atoms with Gasteiger partial charge in [-0.15, -0.1) is 0 Å². The van der Waals surface area contributed by atoms with Crippen LogP contribution in [0.25, 0.3) is 5.65 Å². The number of rotatable bonds is 7. The molecule has 2 aromatic heterocycles. The van der Waals surface area contributed by atoms with Crippen LogP contribution in [0.1, 0.15) is 17.7 Å². The van der Waals surface area contributed by atoms with E-state index in [1.54, 1.807) is 4.90 Å². The summed E-state index contributed by atoms with van der Waals surface area (Å²) < 4.78 is 2.01. The first-order chi connectivity index (χ1) is 14.3. The van der Waals surface area contributed by atoms with Crippen LogP contribution in [0.5, 0.6) is 0 Å². The number of pyridine rings is 1.